The van der Waals surface area contributed by atoms with Crippen molar-refractivity contribution in [3.05, 3.63) is 57.2 Å². The number of anilines is 3. The molecule has 0 spiro atoms. The standard InChI is InChI=1S/C29H31N3O7/c1-29(2,3)18-7-4-13(12-19(18)30)22-16-10-14(5-8-20(33)34)25(37)23(31)27(16)39-28-17(22)11-15(6-9-21(35)36)26(38)24(28)32/h4,7,10-12,37H,5-6,8-9,30-32H2,1-3H3,(H,33,34)(H,35,36). The monoisotopic (exact) mass is 533 g/mol. The predicted octanol–water partition coefficient (Wildman–Crippen LogP) is 4.35. The number of phenols is 1. The highest BCUT2D eigenvalue weighted by molar-refractivity contribution is 6.08. The Morgan fingerprint density at radius 3 is 2.08 bits per heavy atom. The average molecular weight is 534 g/mol. The third kappa shape index (κ3) is 5.05. The summed E-state index contributed by atoms with van der Waals surface area (Å²) in [6.07, 6.45) is -0.543. The largest absolute Gasteiger partial charge is 0.505 e. The van der Waals surface area contributed by atoms with Crippen LogP contribution in [0.1, 0.15) is 50.3 Å². The van der Waals surface area contributed by atoms with E-state index >= 15 is 0 Å². The van der Waals surface area contributed by atoms with Crippen molar-refractivity contribution in [2.24, 2.45) is 0 Å². The minimum absolute atomic E-state index is 0.00931. The third-order valence-corrected chi connectivity index (χ3v) is 6.82. The van der Waals surface area contributed by atoms with Gasteiger partial charge < -0.3 is 36.9 Å². The first kappa shape index (κ1) is 27.3. The number of nitrogens with two attached hydrogens (primary N) is 3. The highest BCUT2D eigenvalue weighted by Crippen LogP contribution is 2.47. The number of hydrogen-bond donors (Lipinski definition) is 6. The molecule has 0 fully saturated rings. The fraction of sp³-hybridized carbons (Fsp3) is 0.276. The van der Waals surface area contributed by atoms with Gasteiger partial charge in [-0.15, -0.1) is 0 Å². The molecule has 10 nitrogen and oxygen atoms in total. The number of aromatic hydroxyl groups is 1. The van der Waals surface area contributed by atoms with Gasteiger partial charge in [-0.05, 0) is 53.1 Å². The Morgan fingerprint density at radius 1 is 0.897 bits per heavy atom. The molecule has 204 valence electrons. The first-order valence-corrected chi connectivity index (χ1v) is 12.4. The molecule has 10 heteroatoms. The fourth-order valence-electron chi connectivity index (χ4n) is 4.87. The van der Waals surface area contributed by atoms with Crippen LogP contribution in [0, 0.1) is 0 Å². The first-order chi connectivity index (χ1) is 18.2. The molecule has 1 aliphatic carbocycles. The number of hydrogen-bond acceptors (Lipinski definition) is 8. The van der Waals surface area contributed by atoms with Crippen LogP contribution in [0.5, 0.6) is 5.75 Å². The summed E-state index contributed by atoms with van der Waals surface area (Å²) in [7, 11) is 0. The van der Waals surface area contributed by atoms with E-state index in [1.54, 1.807) is 18.2 Å². The number of phenolic OH excluding ortho intramolecular Hbond substituents is 1. The van der Waals surface area contributed by atoms with Crippen LogP contribution >= 0.6 is 0 Å². The van der Waals surface area contributed by atoms with Crippen LogP contribution in [0.2, 0.25) is 0 Å². The Hall–Kier alpha value is -4.73. The molecule has 0 aromatic heterocycles. The molecule has 1 aliphatic heterocycles. The molecule has 2 aromatic rings. The van der Waals surface area contributed by atoms with Crippen molar-refractivity contribution in [2.45, 2.75) is 51.9 Å². The number of aliphatic carboxylic acids is 2. The average Bonchev–Trinajstić information content (AvgIpc) is 2.84. The number of fused-ring (bicyclic) bond motifs is 2. The number of rotatable bonds is 7. The van der Waals surface area contributed by atoms with Gasteiger partial charge in [0.1, 0.15) is 17.1 Å². The highest BCUT2D eigenvalue weighted by Gasteiger charge is 2.27. The van der Waals surface area contributed by atoms with Gasteiger partial charge >= 0.3 is 11.9 Å². The molecular formula is C29H31N3O7. The van der Waals surface area contributed by atoms with E-state index in [4.69, 9.17) is 21.6 Å². The van der Waals surface area contributed by atoms with Crippen molar-refractivity contribution in [3.63, 3.8) is 0 Å². The zero-order valence-electron chi connectivity index (χ0n) is 21.9. The zero-order chi connectivity index (χ0) is 28.8. The van der Waals surface area contributed by atoms with Crippen molar-refractivity contribution < 1.29 is 29.3 Å². The van der Waals surface area contributed by atoms with Crippen molar-refractivity contribution in [1.82, 2.24) is 0 Å². The Kier molecular flexibility index (Phi) is 6.91. The van der Waals surface area contributed by atoms with Crippen LogP contribution in [-0.4, -0.2) is 27.3 Å². The second kappa shape index (κ2) is 9.86. The molecule has 2 aliphatic rings. The van der Waals surface area contributed by atoms with E-state index in [1.807, 2.05) is 32.9 Å². The summed E-state index contributed by atoms with van der Waals surface area (Å²) in [5, 5.41) is 29.6. The van der Waals surface area contributed by atoms with Gasteiger partial charge in [0.25, 0.3) is 0 Å². The number of carboxylic acid groups (broad SMARTS) is 2. The van der Waals surface area contributed by atoms with Crippen molar-refractivity contribution in [1.29, 1.82) is 0 Å². The Balaban J connectivity index is 2.14. The van der Waals surface area contributed by atoms with Gasteiger partial charge in [-0.3, -0.25) is 14.4 Å². The maximum atomic E-state index is 13.0. The van der Waals surface area contributed by atoms with Gasteiger partial charge in [-0.25, -0.2) is 0 Å². The quantitative estimate of drug-likeness (QED) is 0.113. The van der Waals surface area contributed by atoms with E-state index in [1.165, 1.54) is 0 Å². The molecule has 0 radical (unpaired) electrons. The lowest BCUT2D eigenvalue weighted by Crippen LogP contribution is -2.17. The molecule has 0 amide bonds. The van der Waals surface area contributed by atoms with Crippen LogP contribution in [-0.2, 0) is 27.8 Å². The Morgan fingerprint density at radius 2 is 1.51 bits per heavy atom. The van der Waals surface area contributed by atoms with Gasteiger partial charge in [-0.2, -0.15) is 0 Å². The summed E-state index contributed by atoms with van der Waals surface area (Å²) in [4.78, 5) is 35.5. The molecule has 1 heterocycles. The summed E-state index contributed by atoms with van der Waals surface area (Å²) in [5.74, 6) is -2.39. The summed E-state index contributed by atoms with van der Waals surface area (Å²) >= 11 is 0. The van der Waals surface area contributed by atoms with Gasteiger partial charge in [0.05, 0.1) is 0 Å². The zero-order valence-corrected chi connectivity index (χ0v) is 21.9. The maximum Gasteiger partial charge on any atom is 0.303 e. The minimum Gasteiger partial charge on any atom is -0.505 e. The normalized spacial score (nSPS) is 11.8. The highest BCUT2D eigenvalue weighted by atomic mass is 16.4. The minimum atomic E-state index is -1.06. The number of carbonyl (C=O) groups is 2. The van der Waals surface area contributed by atoms with Gasteiger partial charge in [0.2, 0.25) is 5.43 Å². The fourth-order valence-corrected chi connectivity index (χ4v) is 4.87. The van der Waals surface area contributed by atoms with E-state index in [0.29, 0.717) is 33.3 Å². The summed E-state index contributed by atoms with van der Waals surface area (Å²) in [6, 6.07) is 8.71. The number of carboxylic acids is 2. The van der Waals surface area contributed by atoms with Crippen LogP contribution in [0.15, 0.2) is 39.5 Å². The second-order valence-electron chi connectivity index (χ2n) is 10.6. The molecule has 0 saturated carbocycles. The Bertz CT molecular complexity index is 1670. The molecule has 39 heavy (non-hydrogen) atoms. The molecule has 0 saturated heterocycles. The van der Waals surface area contributed by atoms with E-state index in [9.17, 15) is 29.7 Å². The lowest BCUT2D eigenvalue weighted by molar-refractivity contribution is -0.138. The van der Waals surface area contributed by atoms with Crippen molar-refractivity contribution >= 4 is 40.0 Å². The maximum absolute atomic E-state index is 13.0. The lowest BCUT2D eigenvalue weighted by Gasteiger charge is -2.23. The molecule has 0 atom stereocenters. The molecule has 9 N–H and O–H groups in total. The van der Waals surface area contributed by atoms with Crippen LogP contribution < -0.4 is 22.6 Å². The third-order valence-electron chi connectivity index (χ3n) is 6.82. The molecule has 4 rings (SSSR count). The predicted molar refractivity (Wildman–Crippen MR) is 150 cm³/mol. The molecular weight excluding hydrogens is 502 g/mol. The SMILES string of the molecule is CC(C)(C)c1ccc(-c2c3cc(CCC(=O)O)c(=O)c(N)c-3oc3c(N)c(O)c(CCC(=O)O)cc23)cc1N. The van der Waals surface area contributed by atoms with Crippen LogP contribution in [0.4, 0.5) is 17.1 Å². The smallest absolute Gasteiger partial charge is 0.303 e. The van der Waals surface area contributed by atoms with E-state index in [2.05, 4.69) is 0 Å². The lowest BCUT2D eigenvalue weighted by atomic mass is 9.83. The van der Waals surface area contributed by atoms with Crippen LogP contribution in [0.25, 0.3) is 33.4 Å². The van der Waals surface area contributed by atoms with E-state index in [0.717, 1.165) is 5.56 Å². The summed E-state index contributed by atoms with van der Waals surface area (Å²) < 4.78 is 6.03. The van der Waals surface area contributed by atoms with Crippen LogP contribution in [0.3, 0.4) is 0 Å². The molecule has 2 aromatic carbocycles. The Labute approximate surface area is 224 Å². The summed E-state index contributed by atoms with van der Waals surface area (Å²) in [5.41, 5.74) is 21.5. The second-order valence-corrected chi connectivity index (χ2v) is 10.6. The number of benzene rings is 3. The van der Waals surface area contributed by atoms with Crippen molar-refractivity contribution in [3.8, 4) is 28.2 Å². The van der Waals surface area contributed by atoms with E-state index in [-0.39, 0.29) is 65.1 Å². The molecule has 0 bridgehead atoms. The number of nitrogen functional groups attached to an aromatic ring is 3. The summed E-state index contributed by atoms with van der Waals surface area (Å²) in [6.45, 7) is 6.11. The van der Waals surface area contributed by atoms with Crippen molar-refractivity contribution in [2.75, 3.05) is 17.2 Å². The first-order valence-electron chi connectivity index (χ1n) is 12.4. The topological polar surface area (TPSA) is 203 Å². The van der Waals surface area contributed by atoms with Gasteiger partial charge in [-0.1, -0.05) is 32.9 Å². The van der Waals surface area contributed by atoms with E-state index < -0.39 is 17.4 Å². The van der Waals surface area contributed by atoms with Gasteiger partial charge in [0, 0.05) is 40.6 Å². The molecule has 0 unspecified atom stereocenters. The van der Waals surface area contributed by atoms with Gasteiger partial charge in [0.15, 0.2) is 11.3 Å². The number of aryl methyl sites for hydroxylation is 2.